The molecule has 2 aromatic heterocycles. The summed E-state index contributed by atoms with van der Waals surface area (Å²) in [5.74, 6) is 0. The van der Waals surface area contributed by atoms with Crippen LogP contribution in [0.1, 0.15) is 22.9 Å². The van der Waals surface area contributed by atoms with Crippen LogP contribution in [-0.2, 0) is 0 Å². The molecule has 0 aliphatic carbocycles. The molecule has 19 heavy (non-hydrogen) atoms. The van der Waals surface area contributed by atoms with Gasteiger partial charge in [-0.3, -0.25) is 4.90 Å². The smallest absolute Gasteiger partial charge is 0.0931 e. The molecule has 0 spiro atoms. The fourth-order valence-corrected chi connectivity index (χ4v) is 4.49. The first-order valence-corrected chi connectivity index (χ1v) is 8.70. The van der Waals surface area contributed by atoms with Gasteiger partial charge in [-0.15, -0.1) is 11.3 Å². The van der Waals surface area contributed by atoms with Crippen molar-refractivity contribution in [2.24, 2.45) is 0 Å². The van der Waals surface area contributed by atoms with Crippen LogP contribution in [0.5, 0.6) is 0 Å². The summed E-state index contributed by atoms with van der Waals surface area (Å²) in [6.07, 6.45) is 1.21. The van der Waals surface area contributed by atoms with E-state index in [4.69, 9.17) is 11.6 Å². The van der Waals surface area contributed by atoms with Crippen LogP contribution in [0.15, 0.2) is 29.0 Å². The molecular formula is C14H17ClN2S2. The quantitative estimate of drug-likeness (QED) is 0.926. The van der Waals surface area contributed by atoms with Crippen LogP contribution < -0.4 is 5.32 Å². The molecule has 1 aliphatic heterocycles. The van der Waals surface area contributed by atoms with Crippen LogP contribution in [-0.4, -0.2) is 31.1 Å². The van der Waals surface area contributed by atoms with Crippen molar-refractivity contribution in [3.05, 3.63) is 43.7 Å². The fraction of sp³-hybridized carbons (Fsp3) is 0.429. The zero-order chi connectivity index (χ0) is 13.1. The number of thiophene rings is 2. The minimum Gasteiger partial charge on any atom is -0.315 e. The van der Waals surface area contributed by atoms with Crippen molar-refractivity contribution in [1.82, 2.24) is 10.2 Å². The maximum Gasteiger partial charge on any atom is 0.0931 e. The maximum absolute atomic E-state index is 6.13. The maximum atomic E-state index is 6.13. The Morgan fingerprint density at radius 2 is 2.16 bits per heavy atom. The van der Waals surface area contributed by atoms with E-state index in [2.05, 4.69) is 33.1 Å². The molecule has 0 aromatic carbocycles. The summed E-state index contributed by atoms with van der Waals surface area (Å²) in [4.78, 5) is 3.93. The van der Waals surface area contributed by atoms with Crippen molar-refractivity contribution in [1.29, 1.82) is 0 Å². The van der Waals surface area contributed by atoms with Crippen molar-refractivity contribution in [2.75, 3.05) is 26.2 Å². The highest BCUT2D eigenvalue weighted by Crippen LogP contribution is 2.36. The molecule has 1 N–H and O–H groups in total. The van der Waals surface area contributed by atoms with Crippen LogP contribution in [0.4, 0.5) is 0 Å². The highest BCUT2D eigenvalue weighted by atomic mass is 35.5. The zero-order valence-electron chi connectivity index (χ0n) is 10.6. The highest BCUT2D eigenvalue weighted by Gasteiger charge is 2.24. The third-order valence-electron chi connectivity index (χ3n) is 3.46. The SMILES string of the molecule is Clc1ccc(C(c2ccsc2)N2CCCNCC2)s1. The van der Waals surface area contributed by atoms with E-state index >= 15 is 0 Å². The van der Waals surface area contributed by atoms with Gasteiger partial charge in [0, 0.05) is 24.5 Å². The van der Waals surface area contributed by atoms with Crippen LogP contribution >= 0.6 is 34.3 Å². The average molecular weight is 313 g/mol. The summed E-state index contributed by atoms with van der Waals surface area (Å²) in [6, 6.07) is 6.79. The van der Waals surface area contributed by atoms with E-state index in [1.807, 2.05) is 6.07 Å². The van der Waals surface area contributed by atoms with Gasteiger partial charge in [-0.2, -0.15) is 11.3 Å². The largest absolute Gasteiger partial charge is 0.315 e. The second-order valence-electron chi connectivity index (χ2n) is 4.74. The lowest BCUT2D eigenvalue weighted by Gasteiger charge is -2.29. The predicted molar refractivity (Wildman–Crippen MR) is 84.6 cm³/mol. The van der Waals surface area contributed by atoms with Gasteiger partial charge in [-0.1, -0.05) is 11.6 Å². The number of hydrogen-bond donors (Lipinski definition) is 1. The monoisotopic (exact) mass is 312 g/mol. The van der Waals surface area contributed by atoms with Crippen molar-refractivity contribution < 1.29 is 0 Å². The lowest BCUT2D eigenvalue weighted by Crippen LogP contribution is -2.32. The van der Waals surface area contributed by atoms with E-state index in [1.165, 1.54) is 16.9 Å². The molecule has 102 valence electrons. The van der Waals surface area contributed by atoms with Crippen LogP contribution in [0.2, 0.25) is 4.34 Å². The second-order valence-corrected chi connectivity index (χ2v) is 7.27. The van der Waals surface area contributed by atoms with Crippen LogP contribution in [0.3, 0.4) is 0 Å². The van der Waals surface area contributed by atoms with Gasteiger partial charge in [0.25, 0.3) is 0 Å². The van der Waals surface area contributed by atoms with Crippen molar-refractivity contribution in [2.45, 2.75) is 12.5 Å². The number of nitrogens with one attached hydrogen (secondary N) is 1. The third kappa shape index (κ3) is 3.20. The highest BCUT2D eigenvalue weighted by molar-refractivity contribution is 7.16. The van der Waals surface area contributed by atoms with Crippen molar-refractivity contribution in [3.63, 3.8) is 0 Å². The van der Waals surface area contributed by atoms with Gasteiger partial charge in [-0.05, 0) is 47.5 Å². The van der Waals surface area contributed by atoms with E-state index in [1.54, 1.807) is 22.7 Å². The first-order chi connectivity index (χ1) is 9.34. The molecule has 1 aliphatic rings. The summed E-state index contributed by atoms with van der Waals surface area (Å²) in [5.41, 5.74) is 1.39. The number of nitrogens with zero attached hydrogens (tertiary/aromatic N) is 1. The topological polar surface area (TPSA) is 15.3 Å². The van der Waals surface area contributed by atoms with E-state index in [9.17, 15) is 0 Å². The summed E-state index contributed by atoms with van der Waals surface area (Å²) in [5, 5.41) is 7.89. The molecular weight excluding hydrogens is 296 g/mol. The first kappa shape index (κ1) is 13.6. The van der Waals surface area contributed by atoms with Crippen molar-refractivity contribution in [3.8, 4) is 0 Å². The molecule has 1 atom stereocenters. The molecule has 0 saturated carbocycles. The Morgan fingerprint density at radius 1 is 1.21 bits per heavy atom. The molecule has 5 heteroatoms. The minimum atomic E-state index is 0.364. The van der Waals surface area contributed by atoms with E-state index in [-0.39, 0.29) is 0 Å². The Hall–Kier alpha value is -0.390. The molecule has 0 amide bonds. The van der Waals surface area contributed by atoms with Gasteiger partial charge in [-0.25, -0.2) is 0 Å². The molecule has 1 saturated heterocycles. The van der Waals surface area contributed by atoms with Gasteiger partial charge in [0.1, 0.15) is 0 Å². The third-order valence-corrected chi connectivity index (χ3v) is 5.45. The van der Waals surface area contributed by atoms with E-state index in [0.717, 1.165) is 30.5 Å². The van der Waals surface area contributed by atoms with E-state index < -0.39 is 0 Å². The molecule has 0 radical (unpaired) electrons. The lowest BCUT2D eigenvalue weighted by molar-refractivity contribution is 0.244. The lowest BCUT2D eigenvalue weighted by atomic mass is 10.1. The van der Waals surface area contributed by atoms with Gasteiger partial charge >= 0.3 is 0 Å². The zero-order valence-corrected chi connectivity index (χ0v) is 13.0. The van der Waals surface area contributed by atoms with Crippen molar-refractivity contribution >= 4 is 34.3 Å². The van der Waals surface area contributed by atoms with Gasteiger partial charge in [0.05, 0.1) is 10.4 Å². The number of halogens is 1. The summed E-state index contributed by atoms with van der Waals surface area (Å²) in [6.45, 7) is 4.43. The molecule has 3 rings (SSSR count). The van der Waals surface area contributed by atoms with Crippen LogP contribution in [0, 0.1) is 0 Å². The first-order valence-electron chi connectivity index (χ1n) is 6.57. The van der Waals surface area contributed by atoms with Gasteiger partial charge in [0.2, 0.25) is 0 Å². The minimum absolute atomic E-state index is 0.364. The van der Waals surface area contributed by atoms with Crippen LogP contribution in [0.25, 0.3) is 0 Å². The molecule has 2 aromatic rings. The Kier molecular flexibility index (Phi) is 4.56. The Bertz CT molecular complexity index is 501. The molecule has 3 heterocycles. The molecule has 0 bridgehead atoms. The summed E-state index contributed by atoms with van der Waals surface area (Å²) >= 11 is 9.60. The number of rotatable bonds is 3. The molecule has 2 nitrogen and oxygen atoms in total. The van der Waals surface area contributed by atoms with E-state index in [0.29, 0.717) is 6.04 Å². The average Bonchev–Trinajstić information content (AvgIpc) is 2.98. The standard InChI is InChI=1S/C14H17ClN2S2/c15-13-3-2-12(19-13)14(11-4-9-18-10-11)17-7-1-5-16-6-8-17/h2-4,9-10,14,16H,1,5-8H2. The summed E-state index contributed by atoms with van der Waals surface area (Å²) in [7, 11) is 0. The van der Waals surface area contributed by atoms with Gasteiger partial charge < -0.3 is 5.32 Å². The molecule has 1 unspecified atom stereocenters. The fourth-order valence-electron chi connectivity index (χ4n) is 2.59. The second kappa shape index (κ2) is 6.37. The predicted octanol–water partition coefficient (Wildman–Crippen LogP) is 3.85. The Balaban J connectivity index is 1.91. The normalized spacial score (nSPS) is 19.2. The molecule has 1 fully saturated rings. The Morgan fingerprint density at radius 3 is 2.89 bits per heavy atom. The number of hydrogen-bond acceptors (Lipinski definition) is 4. The summed E-state index contributed by atoms with van der Waals surface area (Å²) < 4.78 is 0.878. The Labute approximate surface area is 127 Å². The van der Waals surface area contributed by atoms with Gasteiger partial charge in [0.15, 0.2) is 0 Å².